The van der Waals surface area contributed by atoms with Gasteiger partial charge in [-0.25, -0.2) is 18.5 Å². The summed E-state index contributed by atoms with van der Waals surface area (Å²) in [6.45, 7) is 0.545. The molecule has 7 heteroatoms. The van der Waals surface area contributed by atoms with E-state index in [0.29, 0.717) is 6.54 Å². The van der Waals surface area contributed by atoms with Crippen LogP contribution in [0.15, 0.2) is 78.0 Å². The molecule has 0 atom stereocenters. The Morgan fingerprint density at radius 3 is 2.44 bits per heavy atom. The van der Waals surface area contributed by atoms with Crippen LogP contribution in [0.4, 0.5) is 5.69 Å². The maximum Gasteiger partial charge on any atom is 0.238 e. The van der Waals surface area contributed by atoms with Gasteiger partial charge in [0.2, 0.25) is 10.0 Å². The molecule has 4 N–H and O–H groups in total. The number of nitrogens with zero attached hydrogens (tertiary/aromatic N) is 1. The zero-order valence-corrected chi connectivity index (χ0v) is 15.2. The van der Waals surface area contributed by atoms with Crippen LogP contribution in [-0.2, 0) is 16.6 Å². The number of aromatic nitrogens is 2. The topological polar surface area (TPSA) is 101 Å². The molecule has 4 rings (SSSR count). The second-order valence-electron chi connectivity index (χ2n) is 6.19. The molecule has 0 bridgehead atoms. The number of hydrogen-bond donors (Lipinski definition) is 3. The standard InChI is InChI=1S/C20H18N4O2S/c21-27(25,26)16-8-6-14(7-9-16)12-23-18-10-11-22-20-19(18)17(13-24-20)15-4-2-1-3-5-15/h1-11,13H,12H2,(H2,21,25,26)(H2,22,23,24). The van der Waals surface area contributed by atoms with Crippen LogP contribution in [0.1, 0.15) is 5.56 Å². The Kier molecular flexibility index (Phi) is 4.39. The third-order valence-corrected chi connectivity index (χ3v) is 5.32. The van der Waals surface area contributed by atoms with Gasteiger partial charge in [0.1, 0.15) is 5.65 Å². The number of fused-ring (bicyclic) bond motifs is 1. The molecule has 0 aliphatic carbocycles. The van der Waals surface area contributed by atoms with Crippen LogP contribution in [0, 0.1) is 0 Å². The van der Waals surface area contributed by atoms with Gasteiger partial charge >= 0.3 is 0 Å². The maximum atomic E-state index is 11.4. The summed E-state index contributed by atoms with van der Waals surface area (Å²) in [5.41, 5.74) is 4.89. The molecule has 27 heavy (non-hydrogen) atoms. The summed E-state index contributed by atoms with van der Waals surface area (Å²) >= 11 is 0. The van der Waals surface area contributed by atoms with Gasteiger partial charge in [0.25, 0.3) is 0 Å². The molecule has 0 saturated heterocycles. The molecule has 0 amide bonds. The molecule has 0 unspecified atom stereocenters. The van der Waals surface area contributed by atoms with Gasteiger partial charge in [0.05, 0.1) is 4.90 Å². The monoisotopic (exact) mass is 378 g/mol. The number of pyridine rings is 1. The molecule has 0 spiro atoms. The van der Waals surface area contributed by atoms with E-state index in [4.69, 9.17) is 5.14 Å². The van der Waals surface area contributed by atoms with Crippen LogP contribution in [0.2, 0.25) is 0 Å². The molecule has 136 valence electrons. The molecule has 2 heterocycles. The molecule has 0 saturated carbocycles. The predicted octanol–water partition coefficient (Wildman–Crippen LogP) is 3.49. The Morgan fingerprint density at radius 2 is 1.74 bits per heavy atom. The van der Waals surface area contributed by atoms with Gasteiger partial charge in [-0.15, -0.1) is 0 Å². The highest BCUT2D eigenvalue weighted by Crippen LogP contribution is 2.33. The fourth-order valence-electron chi connectivity index (χ4n) is 3.04. The zero-order chi connectivity index (χ0) is 18.9. The molecule has 6 nitrogen and oxygen atoms in total. The minimum atomic E-state index is -3.68. The van der Waals surface area contributed by atoms with Crippen molar-refractivity contribution in [2.45, 2.75) is 11.4 Å². The van der Waals surface area contributed by atoms with E-state index in [1.54, 1.807) is 18.3 Å². The lowest BCUT2D eigenvalue weighted by Crippen LogP contribution is -2.12. The Bertz CT molecular complexity index is 1180. The van der Waals surface area contributed by atoms with E-state index in [1.807, 2.05) is 30.5 Å². The number of nitrogens with one attached hydrogen (secondary N) is 2. The first-order chi connectivity index (χ1) is 13.0. The lowest BCUT2D eigenvalue weighted by molar-refractivity contribution is 0.598. The van der Waals surface area contributed by atoms with E-state index in [2.05, 4.69) is 27.4 Å². The number of H-pyrrole nitrogens is 1. The van der Waals surface area contributed by atoms with Crippen LogP contribution in [0.5, 0.6) is 0 Å². The van der Waals surface area contributed by atoms with Gasteiger partial charge in [-0.2, -0.15) is 0 Å². The van der Waals surface area contributed by atoms with Crippen molar-refractivity contribution in [3.05, 3.63) is 78.6 Å². The van der Waals surface area contributed by atoms with E-state index in [-0.39, 0.29) is 4.90 Å². The molecular formula is C20H18N4O2S. The van der Waals surface area contributed by atoms with Gasteiger partial charge in [-0.05, 0) is 29.3 Å². The van der Waals surface area contributed by atoms with Crippen molar-refractivity contribution < 1.29 is 8.42 Å². The molecule has 0 aliphatic heterocycles. The van der Waals surface area contributed by atoms with E-state index >= 15 is 0 Å². The minimum Gasteiger partial charge on any atom is -0.380 e. The molecule has 0 fully saturated rings. The summed E-state index contributed by atoms with van der Waals surface area (Å²) < 4.78 is 22.7. The highest BCUT2D eigenvalue weighted by molar-refractivity contribution is 7.89. The largest absolute Gasteiger partial charge is 0.380 e. The average molecular weight is 378 g/mol. The van der Waals surface area contributed by atoms with Crippen LogP contribution in [0.3, 0.4) is 0 Å². The quantitative estimate of drug-likeness (QED) is 0.495. The van der Waals surface area contributed by atoms with Crippen molar-refractivity contribution >= 4 is 26.7 Å². The molecule has 4 aromatic rings. The fourth-order valence-corrected chi connectivity index (χ4v) is 3.56. The van der Waals surface area contributed by atoms with Gasteiger partial charge in [0.15, 0.2) is 0 Å². The molecule has 0 aliphatic rings. The van der Waals surface area contributed by atoms with E-state index in [0.717, 1.165) is 33.4 Å². The fraction of sp³-hybridized carbons (Fsp3) is 0.0500. The predicted molar refractivity (Wildman–Crippen MR) is 107 cm³/mol. The number of primary sulfonamides is 1. The number of benzene rings is 2. The highest BCUT2D eigenvalue weighted by Gasteiger charge is 2.11. The lowest BCUT2D eigenvalue weighted by Gasteiger charge is -2.10. The van der Waals surface area contributed by atoms with Crippen molar-refractivity contribution in [3.63, 3.8) is 0 Å². The van der Waals surface area contributed by atoms with Crippen molar-refractivity contribution in [2.24, 2.45) is 5.14 Å². The van der Waals surface area contributed by atoms with Crippen molar-refractivity contribution in [3.8, 4) is 11.1 Å². The summed E-state index contributed by atoms with van der Waals surface area (Å²) in [7, 11) is -3.68. The first-order valence-electron chi connectivity index (χ1n) is 8.39. The van der Waals surface area contributed by atoms with Crippen LogP contribution >= 0.6 is 0 Å². The second kappa shape index (κ2) is 6.86. The number of sulfonamides is 1. The first-order valence-corrected chi connectivity index (χ1v) is 9.94. The summed E-state index contributed by atoms with van der Waals surface area (Å²) in [6.07, 6.45) is 3.71. The smallest absolute Gasteiger partial charge is 0.238 e. The number of rotatable bonds is 5. The summed E-state index contributed by atoms with van der Waals surface area (Å²) in [4.78, 5) is 7.73. The van der Waals surface area contributed by atoms with Gasteiger partial charge < -0.3 is 10.3 Å². The van der Waals surface area contributed by atoms with Crippen molar-refractivity contribution in [2.75, 3.05) is 5.32 Å². The Balaban J connectivity index is 1.64. The lowest BCUT2D eigenvalue weighted by atomic mass is 10.0. The van der Waals surface area contributed by atoms with E-state index in [1.165, 1.54) is 12.1 Å². The Hall–Kier alpha value is -3.16. The third-order valence-electron chi connectivity index (χ3n) is 4.39. The van der Waals surface area contributed by atoms with E-state index < -0.39 is 10.0 Å². The van der Waals surface area contributed by atoms with Crippen LogP contribution in [-0.4, -0.2) is 18.4 Å². The highest BCUT2D eigenvalue weighted by atomic mass is 32.2. The summed E-state index contributed by atoms with van der Waals surface area (Å²) in [6, 6.07) is 18.6. The number of nitrogens with two attached hydrogens (primary N) is 1. The first kappa shape index (κ1) is 17.3. The van der Waals surface area contributed by atoms with Gasteiger partial charge in [-0.3, -0.25) is 0 Å². The normalized spacial score (nSPS) is 11.6. The van der Waals surface area contributed by atoms with Gasteiger partial charge in [-0.1, -0.05) is 42.5 Å². The van der Waals surface area contributed by atoms with Crippen molar-refractivity contribution in [1.29, 1.82) is 0 Å². The van der Waals surface area contributed by atoms with E-state index in [9.17, 15) is 8.42 Å². The van der Waals surface area contributed by atoms with Crippen LogP contribution in [0.25, 0.3) is 22.2 Å². The minimum absolute atomic E-state index is 0.106. The molecule has 2 aromatic carbocycles. The average Bonchev–Trinajstić information content (AvgIpc) is 3.11. The molecule has 0 radical (unpaired) electrons. The molecular weight excluding hydrogens is 360 g/mol. The number of hydrogen-bond acceptors (Lipinski definition) is 4. The Morgan fingerprint density at radius 1 is 1.00 bits per heavy atom. The summed E-state index contributed by atoms with van der Waals surface area (Å²) in [5, 5.41) is 9.58. The maximum absolute atomic E-state index is 11.4. The SMILES string of the molecule is NS(=O)(=O)c1ccc(CNc2ccnc3[nH]cc(-c4ccccc4)c23)cc1. The number of anilines is 1. The molecule has 2 aromatic heterocycles. The third kappa shape index (κ3) is 3.55. The zero-order valence-electron chi connectivity index (χ0n) is 14.4. The second-order valence-corrected chi connectivity index (χ2v) is 7.75. The Labute approximate surface area is 157 Å². The van der Waals surface area contributed by atoms with Crippen molar-refractivity contribution in [1.82, 2.24) is 9.97 Å². The van der Waals surface area contributed by atoms with Gasteiger partial charge in [0, 0.05) is 35.6 Å². The van der Waals surface area contributed by atoms with Crippen LogP contribution < -0.4 is 10.5 Å². The number of aromatic amines is 1. The summed E-state index contributed by atoms with van der Waals surface area (Å²) in [5.74, 6) is 0.